The van der Waals surface area contributed by atoms with Crippen LogP contribution in [0.15, 0.2) is 30.6 Å². The molecule has 1 aliphatic rings. The Hall–Kier alpha value is -2.92. The molecule has 0 spiro atoms. The lowest BCUT2D eigenvalue weighted by Crippen LogP contribution is -2.55. The third kappa shape index (κ3) is 6.25. The zero-order valence-electron chi connectivity index (χ0n) is 21.9. The number of aliphatic hydroxyl groups is 2. The number of piperazine rings is 1. The molecule has 0 aromatic carbocycles. The van der Waals surface area contributed by atoms with Crippen LogP contribution < -0.4 is 10.6 Å². The molecule has 3 aromatic rings. The molecule has 4 N–H and O–H groups in total. The summed E-state index contributed by atoms with van der Waals surface area (Å²) in [6.07, 6.45) is 2.93. The summed E-state index contributed by atoms with van der Waals surface area (Å²) in [6.45, 7) is 14.8. The molecule has 1 saturated heterocycles. The summed E-state index contributed by atoms with van der Waals surface area (Å²) in [7, 11) is 0. The molecular weight excluding hydrogens is 456 g/mol. The number of hydrogen-bond donors (Lipinski definition) is 4. The lowest BCUT2D eigenvalue weighted by atomic mass is 10.0. The summed E-state index contributed by atoms with van der Waals surface area (Å²) in [6, 6.07) is 5.99. The predicted octanol–water partition coefficient (Wildman–Crippen LogP) is 2.93. The molecule has 4 rings (SSSR count). The van der Waals surface area contributed by atoms with Crippen LogP contribution in [0.5, 0.6) is 0 Å². The maximum Gasteiger partial charge on any atom is 0.229 e. The van der Waals surface area contributed by atoms with E-state index in [0.29, 0.717) is 28.8 Å². The lowest BCUT2D eigenvalue weighted by molar-refractivity contribution is 0.0148. The highest BCUT2D eigenvalue weighted by atomic mass is 16.3. The second-order valence-electron chi connectivity index (χ2n) is 10.4. The van der Waals surface area contributed by atoms with E-state index in [2.05, 4.69) is 60.3 Å². The van der Waals surface area contributed by atoms with Crippen LogP contribution in [0.25, 0.3) is 10.9 Å². The van der Waals surface area contributed by atoms with Crippen molar-refractivity contribution in [1.82, 2.24) is 29.7 Å². The highest BCUT2D eigenvalue weighted by molar-refractivity contribution is 5.89. The van der Waals surface area contributed by atoms with Crippen molar-refractivity contribution in [3.63, 3.8) is 0 Å². The summed E-state index contributed by atoms with van der Waals surface area (Å²) in [5.41, 5.74) is 2.23. The number of rotatable bonds is 9. The highest BCUT2D eigenvalue weighted by Crippen LogP contribution is 2.25. The van der Waals surface area contributed by atoms with Crippen LogP contribution >= 0.6 is 0 Å². The Labute approximate surface area is 212 Å². The fraction of sp³-hybridized carbons (Fsp3) is 0.538. The van der Waals surface area contributed by atoms with Gasteiger partial charge >= 0.3 is 0 Å². The Morgan fingerprint density at radius 3 is 2.39 bits per heavy atom. The second kappa shape index (κ2) is 11.0. The monoisotopic (exact) mass is 494 g/mol. The van der Waals surface area contributed by atoms with E-state index in [1.165, 1.54) is 0 Å². The number of pyridine rings is 2. The van der Waals surface area contributed by atoms with Crippen molar-refractivity contribution < 1.29 is 10.2 Å². The smallest absolute Gasteiger partial charge is 0.229 e. The minimum absolute atomic E-state index is 0.162. The van der Waals surface area contributed by atoms with Crippen LogP contribution in [-0.2, 0) is 6.54 Å². The van der Waals surface area contributed by atoms with Crippen molar-refractivity contribution in [2.75, 3.05) is 43.4 Å². The Morgan fingerprint density at radius 1 is 1.03 bits per heavy atom. The second-order valence-corrected chi connectivity index (χ2v) is 10.4. The molecule has 0 aliphatic carbocycles. The van der Waals surface area contributed by atoms with E-state index in [4.69, 9.17) is 0 Å². The standard InChI is InChI=1S/C26H38N8O2/c1-17(2)29-24-23-20(12-21(30-24)18(3)36)14-28-25(32-23)31-22-7-6-19(13-27-22)15-33-8-10-34(11-9-33)26(4,5)16-35/h6-7,12-14,17-18,35-36H,8-11,15-16H2,1-5H3,(H,29,30)(H,27,28,31,32). The number of anilines is 3. The van der Waals surface area contributed by atoms with Gasteiger partial charge in [0.05, 0.1) is 18.4 Å². The van der Waals surface area contributed by atoms with Crippen molar-refractivity contribution in [2.45, 2.75) is 58.8 Å². The number of aliphatic hydroxyl groups excluding tert-OH is 2. The summed E-state index contributed by atoms with van der Waals surface area (Å²) >= 11 is 0. The van der Waals surface area contributed by atoms with E-state index in [-0.39, 0.29) is 18.2 Å². The molecule has 0 amide bonds. The minimum atomic E-state index is -0.682. The van der Waals surface area contributed by atoms with E-state index in [1.54, 1.807) is 13.1 Å². The summed E-state index contributed by atoms with van der Waals surface area (Å²) in [5, 5.41) is 26.9. The molecule has 0 bridgehead atoms. The largest absolute Gasteiger partial charge is 0.394 e. The third-order valence-corrected chi connectivity index (χ3v) is 6.53. The van der Waals surface area contributed by atoms with Gasteiger partial charge in [-0.3, -0.25) is 9.80 Å². The maximum atomic E-state index is 10.0. The molecular formula is C26H38N8O2. The van der Waals surface area contributed by atoms with Gasteiger partial charge in [0, 0.05) is 62.1 Å². The van der Waals surface area contributed by atoms with Gasteiger partial charge in [0.1, 0.15) is 11.3 Å². The van der Waals surface area contributed by atoms with E-state index >= 15 is 0 Å². The first-order valence-corrected chi connectivity index (χ1v) is 12.6. The molecule has 10 nitrogen and oxygen atoms in total. The molecule has 0 saturated carbocycles. The maximum absolute atomic E-state index is 10.0. The fourth-order valence-electron chi connectivity index (χ4n) is 4.28. The van der Waals surface area contributed by atoms with Gasteiger partial charge in [-0.2, -0.15) is 0 Å². The van der Waals surface area contributed by atoms with Crippen LogP contribution in [0.4, 0.5) is 17.6 Å². The zero-order chi connectivity index (χ0) is 25.9. The van der Waals surface area contributed by atoms with Crippen LogP contribution in [0, 0.1) is 0 Å². The van der Waals surface area contributed by atoms with E-state index < -0.39 is 6.10 Å². The number of fused-ring (bicyclic) bond motifs is 1. The summed E-state index contributed by atoms with van der Waals surface area (Å²) in [4.78, 5) is 23.0. The van der Waals surface area contributed by atoms with E-state index in [0.717, 1.165) is 43.7 Å². The first-order chi connectivity index (χ1) is 17.1. The fourth-order valence-corrected chi connectivity index (χ4v) is 4.28. The van der Waals surface area contributed by atoms with Crippen LogP contribution in [0.1, 0.15) is 52.0 Å². The average Bonchev–Trinajstić information content (AvgIpc) is 2.85. The Bertz CT molecular complexity index is 1160. The number of nitrogens with zero attached hydrogens (tertiary/aromatic N) is 6. The quantitative estimate of drug-likeness (QED) is 0.353. The topological polar surface area (TPSA) is 123 Å². The van der Waals surface area contributed by atoms with E-state index in [9.17, 15) is 10.2 Å². The summed E-state index contributed by atoms with van der Waals surface area (Å²) in [5.74, 6) is 1.72. The van der Waals surface area contributed by atoms with Gasteiger partial charge < -0.3 is 20.8 Å². The molecule has 194 valence electrons. The highest BCUT2D eigenvalue weighted by Gasteiger charge is 2.29. The van der Waals surface area contributed by atoms with Crippen molar-refractivity contribution in [1.29, 1.82) is 0 Å². The molecule has 3 aromatic heterocycles. The molecule has 1 unspecified atom stereocenters. The van der Waals surface area contributed by atoms with Gasteiger partial charge in [-0.25, -0.2) is 19.9 Å². The zero-order valence-corrected chi connectivity index (χ0v) is 21.9. The molecule has 10 heteroatoms. The van der Waals surface area contributed by atoms with Crippen LogP contribution in [0.2, 0.25) is 0 Å². The predicted molar refractivity (Wildman–Crippen MR) is 142 cm³/mol. The van der Waals surface area contributed by atoms with Crippen molar-refractivity contribution in [3.05, 3.63) is 41.9 Å². The Kier molecular flexibility index (Phi) is 7.99. The lowest BCUT2D eigenvalue weighted by Gasteiger charge is -2.43. The minimum Gasteiger partial charge on any atom is -0.394 e. The van der Waals surface area contributed by atoms with Gasteiger partial charge in [0.15, 0.2) is 5.82 Å². The van der Waals surface area contributed by atoms with Crippen LogP contribution in [0.3, 0.4) is 0 Å². The molecule has 1 aliphatic heterocycles. The summed E-state index contributed by atoms with van der Waals surface area (Å²) < 4.78 is 0. The van der Waals surface area contributed by atoms with Gasteiger partial charge in [-0.1, -0.05) is 6.07 Å². The van der Waals surface area contributed by atoms with Crippen molar-refractivity contribution in [3.8, 4) is 0 Å². The van der Waals surface area contributed by atoms with Gasteiger partial charge in [-0.15, -0.1) is 0 Å². The third-order valence-electron chi connectivity index (χ3n) is 6.53. The first kappa shape index (κ1) is 26.2. The van der Waals surface area contributed by atoms with E-state index in [1.807, 2.05) is 32.2 Å². The van der Waals surface area contributed by atoms with Crippen LogP contribution in [-0.4, -0.2) is 84.3 Å². The SMILES string of the molecule is CC(C)Nc1nc(C(C)O)cc2cnc(Nc3ccc(CN4CCN(C(C)(C)CO)CC4)cn3)nc12. The molecule has 1 fully saturated rings. The average molecular weight is 495 g/mol. The van der Waals surface area contributed by atoms with Crippen molar-refractivity contribution >= 4 is 28.5 Å². The number of hydrogen-bond acceptors (Lipinski definition) is 10. The molecule has 4 heterocycles. The first-order valence-electron chi connectivity index (χ1n) is 12.6. The van der Waals surface area contributed by atoms with Crippen molar-refractivity contribution in [2.24, 2.45) is 0 Å². The van der Waals surface area contributed by atoms with Gasteiger partial charge in [0.25, 0.3) is 0 Å². The van der Waals surface area contributed by atoms with Gasteiger partial charge in [-0.05, 0) is 52.3 Å². The number of aromatic nitrogens is 4. The Balaban J connectivity index is 1.42. The Morgan fingerprint density at radius 2 is 1.78 bits per heavy atom. The normalized spacial score (nSPS) is 16.4. The molecule has 0 radical (unpaired) electrons. The van der Waals surface area contributed by atoms with Gasteiger partial charge in [0.2, 0.25) is 5.95 Å². The molecule has 36 heavy (non-hydrogen) atoms. The number of nitrogens with one attached hydrogen (secondary N) is 2. The molecule has 1 atom stereocenters.